The van der Waals surface area contributed by atoms with Crippen LogP contribution in [0.3, 0.4) is 0 Å². The molecule has 3 amide bonds. The van der Waals surface area contributed by atoms with E-state index in [1.807, 2.05) is 0 Å². The van der Waals surface area contributed by atoms with E-state index in [2.05, 4.69) is 10.6 Å². The molecular weight excluding hydrogens is 301 g/mol. The third-order valence-corrected chi connectivity index (χ3v) is 3.09. The summed E-state index contributed by atoms with van der Waals surface area (Å²) in [7, 11) is 1.51. The lowest BCUT2D eigenvalue weighted by molar-refractivity contribution is -0.119. The number of rotatable bonds is 5. The Bertz CT molecular complexity index is 704. The molecule has 0 spiro atoms. The SMILES string of the molecule is COc1cccc(NC(=O)N[C@H](C(N)=O)c2ccc(F)cc2)c1. The van der Waals surface area contributed by atoms with Gasteiger partial charge in [0.1, 0.15) is 17.6 Å². The molecule has 23 heavy (non-hydrogen) atoms. The maximum atomic E-state index is 12.9. The molecule has 6 nitrogen and oxygen atoms in total. The van der Waals surface area contributed by atoms with Crippen LogP contribution in [0.2, 0.25) is 0 Å². The Hall–Kier alpha value is -3.09. The van der Waals surface area contributed by atoms with Crippen molar-refractivity contribution in [2.45, 2.75) is 6.04 Å². The Morgan fingerprint density at radius 1 is 1.17 bits per heavy atom. The minimum atomic E-state index is -1.07. The molecular formula is C16H16FN3O3. The van der Waals surface area contributed by atoms with Gasteiger partial charge >= 0.3 is 6.03 Å². The highest BCUT2D eigenvalue weighted by molar-refractivity contribution is 5.93. The van der Waals surface area contributed by atoms with E-state index in [1.165, 1.54) is 31.4 Å². The first-order valence-electron chi connectivity index (χ1n) is 6.76. The van der Waals surface area contributed by atoms with Crippen LogP contribution in [0.25, 0.3) is 0 Å². The number of nitrogens with two attached hydrogens (primary N) is 1. The highest BCUT2D eigenvalue weighted by atomic mass is 19.1. The number of urea groups is 1. The summed E-state index contributed by atoms with van der Waals surface area (Å²) in [6.45, 7) is 0. The number of anilines is 1. The van der Waals surface area contributed by atoms with Crippen LogP contribution in [0.15, 0.2) is 48.5 Å². The fourth-order valence-electron chi connectivity index (χ4n) is 1.97. The maximum Gasteiger partial charge on any atom is 0.320 e. The third-order valence-electron chi connectivity index (χ3n) is 3.09. The smallest absolute Gasteiger partial charge is 0.320 e. The normalized spacial score (nSPS) is 11.4. The highest BCUT2D eigenvalue weighted by Crippen LogP contribution is 2.17. The van der Waals surface area contributed by atoms with E-state index in [9.17, 15) is 14.0 Å². The molecule has 120 valence electrons. The van der Waals surface area contributed by atoms with Gasteiger partial charge in [0.2, 0.25) is 5.91 Å². The lowest BCUT2D eigenvalue weighted by atomic mass is 10.1. The predicted octanol–water partition coefficient (Wildman–Crippen LogP) is 2.18. The van der Waals surface area contributed by atoms with Crippen LogP contribution in [0.4, 0.5) is 14.9 Å². The van der Waals surface area contributed by atoms with Crippen molar-refractivity contribution in [1.82, 2.24) is 5.32 Å². The number of halogens is 1. The summed E-state index contributed by atoms with van der Waals surface area (Å²) in [5, 5.41) is 5.02. The molecule has 2 aromatic rings. The number of amides is 3. The lowest BCUT2D eigenvalue weighted by Gasteiger charge is -2.16. The van der Waals surface area contributed by atoms with Crippen LogP contribution in [0.1, 0.15) is 11.6 Å². The first-order chi connectivity index (χ1) is 11.0. The van der Waals surface area contributed by atoms with E-state index in [4.69, 9.17) is 10.5 Å². The number of ether oxygens (including phenoxy) is 1. The lowest BCUT2D eigenvalue weighted by Crippen LogP contribution is -2.39. The number of hydrogen-bond donors (Lipinski definition) is 3. The summed E-state index contributed by atoms with van der Waals surface area (Å²) in [4.78, 5) is 23.6. The van der Waals surface area contributed by atoms with Gasteiger partial charge in [0, 0.05) is 11.8 Å². The van der Waals surface area contributed by atoms with Gasteiger partial charge in [0.05, 0.1) is 7.11 Å². The van der Waals surface area contributed by atoms with Gasteiger partial charge in [0.25, 0.3) is 0 Å². The topological polar surface area (TPSA) is 93.4 Å². The first kappa shape index (κ1) is 16.3. The second-order valence-electron chi connectivity index (χ2n) is 4.72. The van der Waals surface area contributed by atoms with Gasteiger partial charge in [-0.2, -0.15) is 0 Å². The van der Waals surface area contributed by atoms with Crippen LogP contribution in [0, 0.1) is 5.82 Å². The summed E-state index contributed by atoms with van der Waals surface area (Å²) < 4.78 is 18.0. The van der Waals surface area contributed by atoms with Crippen LogP contribution < -0.4 is 21.1 Å². The number of methoxy groups -OCH3 is 1. The van der Waals surface area contributed by atoms with Gasteiger partial charge in [-0.05, 0) is 29.8 Å². The zero-order chi connectivity index (χ0) is 16.8. The molecule has 2 rings (SSSR count). The quantitative estimate of drug-likeness (QED) is 0.789. The van der Waals surface area contributed by atoms with E-state index in [0.29, 0.717) is 17.0 Å². The predicted molar refractivity (Wildman–Crippen MR) is 83.5 cm³/mol. The molecule has 0 aliphatic carbocycles. The average molecular weight is 317 g/mol. The molecule has 0 aliphatic rings. The van der Waals surface area contributed by atoms with E-state index in [1.54, 1.807) is 24.3 Å². The summed E-state index contributed by atoms with van der Waals surface area (Å²) >= 11 is 0. The van der Waals surface area contributed by atoms with Gasteiger partial charge in [0.15, 0.2) is 0 Å². The van der Waals surface area contributed by atoms with Crippen molar-refractivity contribution in [3.05, 3.63) is 59.9 Å². The van der Waals surface area contributed by atoms with Gasteiger partial charge < -0.3 is 21.1 Å². The number of primary amides is 1. The van der Waals surface area contributed by atoms with Crippen molar-refractivity contribution in [1.29, 1.82) is 0 Å². The number of carbonyl (C=O) groups excluding carboxylic acids is 2. The van der Waals surface area contributed by atoms with E-state index in [-0.39, 0.29) is 0 Å². The van der Waals surface area contributed by atoms with Crippen molar-refractivity contribution < 1.29 is 18.7 Å². The third kappa shape index (κ3) is 4.44. The van der Waals surface area contributed by atoms with Crippen molar-refractivity contribution in [3.8, 4) is 5.75 Å². The molecule has 0 aliphatic heterocycles. The second-order valence-corrected chi connectivity index (χ2v) is 4.72. The molecule has 1 atom stereocenters. The molecule has 0 saturated heterocycles. The van der Waals surface area contributed by atoms with Gasteiger partial charge in [-0.3, -0.25) is 4.79 Å². The van der Waals surface area contributed by atoms with Gasteiger partial charge in [-0.1, -0.05) is 18.2 Å². The fraction of sp³-hybridized carbons (Fsp3) is 0.125. The van der Waals surface area contributed by atoms with Gasteiger partial charge in [-0.25, -0.2) is 9.18 Å². The molecule has 0 saturated carbocycles. The molecule has 0 heterocycles. The Balaban J connectivity index is 2.09. The molecule has 0 fully saturated rings. The van der Waals surface area contributed by atoms with E-state index in [0.717, 1.165) is 0 Å². The molecule has 0 aromatic heterocycles. The summed E-state index contributed by atoms with van der Waals surface area (Å²) in [6.07, 6.45) is 0. The molecule has 7 heteroatoms. The Labute approximate surface area is 132 Å². The summed E-state index contributed by atoms with van der Waals surface area (Å²) in [5.74, 6) is -0.622. The molecule has 0 unspecified atom stereocenters. The molecule has 0 bridgehead atoms. The largest absolute Gasteiger partial charge is 0.497 e. The highest BCUT2D eigenvalue weighted by Gasteiger charge is 2.20. The minimum Gasteiger partial charge on any atom is -0.497 e. The van der Waals surface area contributed by atoms with Crippen molar-refractivity contribution in [3.63, 3.8) is 0 Å². The summed E-state index contributed by atoms with van der Waals surface area (Å²) in [5.41, 5.74) is 6.18. The van der Waals surface area contributed by atoms with Crippen molar-refractivity contribution in [2.75, 3.05) is 12.4 Å². The Morgan fingerprint density at radius 3 is 2.48 bits per heavy atom. The number of hydrogen-bond acceptors (Lipinski definition) is 3. The first-order valence-corrected chi connectivity index (χ1v) is 6.76. The molecule has 2 aromatic carbocycles. The molecule has 0 radical (unpaired) electrons. The van der Waals surface area contributed by atoms with Crippen LogP contribution in [0.5, 0.6) is 5.75 Å². The van der Waals surface area contributed by atoms with E-state index >= 15 is 0 Å². The standard InChI is InChI=1S/C16H16FN3O3/c1-23-13-4-2-3-12(9-13)19-16(22)20-14(15(18)21)10-5-7-11(17)8-6-10/h2-9,14H,1H3,(H2,18,21)(H2,19,20,22)/t14-/m0/s1. The Kier molecular flexibility index (Phi) is 5.14. The van der Waals surface area contributed by atoms with Crippen LogP contribution >= 0.6 is 0 Å². The van der Waals surface area contributed by atoms with Crippen LogP contribution in [-0.2, 0) is 4.79 Å². The van der Waals surface area contributed by atoms with Crippen molar-refractivity contribution >= 4 is 17.6 Å². The number of nitrogens with one attached hydrogen (secondary N) is 2. The summed E-state index contributed by atoms with van der Waals surface area (Å²) in [6, 6.07) is 10.2. The molecule has 4 N–H and O–H groups in total. The number of benzene rings is 2. The van der Waals surface area contributed by atoms with Gasteiger partial charge in [-0.15, -0.1) is 0 Å². The van der Waals surface area contributed by atoms with Crippen molar-refractivity contribution in [2.24, 2.45) is 5.73 Å². The van der Waals surface area contributed by atoms with E-state index < -0.39 is 23.8 Å². The zero-order valence-corrected chi connectivity index (χ0v) is 12.4. The Morgan fingerprint density at radius 2 is 1.87 bits per heavy atom. The minimum absolute atomic E-state index is 0.389. The number of carbonyl (C=O) groups is 2. The maximum absolute atomic E-state index is 12.9. The monoisotopic (exact) mass is 317 g/mol. The average Bonchev–Trinajstić information content (AvgIpc) is 2.53. The second kappa shape index (κ2) is 7.26. The van der Waals surface area contributed by atoms with Crippen LogP contribution in [-0.4, -0.2) is 19.0 Å². The fourth-order valence-corrected chi connectivity index (χ4v) is 1.97. The zero-order valence-electron chi connectivity index (χ0n) is 12.4.